The van der Waals surface area contributed by atoms with Crippen molar-refractivity contribution in [1.29, 1.82) is 0 Å². The van der Waals surface area contributed by atoms with Gasteiger partial charge in [-0.1, -0.05) is 39.0 Å². The molecule has 0 aromatic heterocycles. The van der Waals surface area contributed by atoms with Gasteiger partial charge in [-0.25, -0.2) is 0 Å². The van der Waals surface area contributed by atoms with Gasteiger partial charge < -0.3 is 11.1 Å². The van der Waals surface area contributed by atoms with Crippen LogP contribution in [-0.2, 0) is 0 Å². The maximum absolute atomic E-state index is 5.08. The second-order valence-electron chi connectivity index (χ2n) is 3.64. The number of nitrogens with two attached hydrogens (primary N) is 1. The Morgan fingerprint density at radius 2 is 1.83 bits per heavy atom. The fourth-order valence-electron chi connectivity index (χ4n) is 1.45. The van der Waals surface area contributed by atoms with Crippen molar-refractivity contribution in [2.75, 3.05) is 20.1 Å². The Morgan fingerprint density at radius 3 is 2.00 bits per heavy atom. The molecule has 0 bridgehead atoms. The molecule has 0 spiro atoms. The van der Waals surface area contributed by atoms with Gasteiger partial charge in [-0.05, 0) is 13.0 Å². The molecule has 1 aliphatic rings. The van der Waals surface area contributed by atoms with Crippen LogP contribution in [0.3, 0.4) is 0 Å². The minimum absolute atomic E-state index is 0.733. The van der Waals surface area contributed by atoms with Crippen molar-refractivity contribution in [2.24, 2.45) is 11.7 Å². The van der Waals surface area contributed by atoms with Crippen LogP contribution in [0.15, 0.2) is 0 Å². The molecule has 1 saturated carbocycles. The Kier molecular flexibility index (Phi) is 8.95. The SMILES string of the molecule is CC1CCCCC1.CNCCN. The van der Waals surface area contributed by atoms with Gasteiger partial charge >= 0.3 is 0 Å². The maximum Gasteiger partial charge on any atom is 0.00714 e. The van der Waals surface area contributed by atoms with Crippen molar-refractivity contribution in [3.8, 4) is 0 Å². The molecular weight excluding hydrogens is 148 g/mol. The van der Waals surface area contributed by atoms with Crippen molar-refractivity contribution >= 4 is 0 Å². The number of nitrogens with one attached hydrogen (secondary N) is 1. The molecule has 74 valence electrons. The van der Waals surface area contributed by atoms with Gasteiger partial charge in [0, 0.05) is 13.1 Å². The van der Waals surface area contributed by atoms with Gasteiger partial charge in [-0.2, -0.15) is 0 Å². The van der Waals surface area contributed by atoms with Crippen LogP contribution in [0.4, 0.5) is 0 Å². The van der Waals surface area contributed by atoms with E-state index in [1.807, 2.05) is 7.05 Å². The standard InChI is InChI=1S/C7H14.C3H10N2/c1-7-5-3-2-4-6-7;1-5-3-2-4/h7H,2-6H2,1H3;5H,2-4H2,1H3. The summed E-state index contributed by atoms with van der Waals surface area (Å²) in [5.74, 6) is 1.04. The van der Waals surface area contributed by atoms with Crippen LogP contribution < -0.4 is 11.1 Å². The number of likely N-dealkylation sites (N-methyl/N-ethyl adjacent to an activating group) is 1. The Bertz CT molecular complexity index is 75.9. The molecule has 0 amide bonds. The third-order valence-electron chi connectivity index (χ3n) is 2.29. The molecule has 0 atom stereocenters. The van der Waals surface area contributed by atoms with Crippen molar-refractivity contribution in [3.63, 3.8) is 0 Å². The summed E-state index contributed by atoms with van der Waals surface area (Å²) in [5, 5.41) is 2.89. The highest BCUT2D eigenvalue weighted by molar-refractivity contribution is 4.59. The molecule has 0 aliphatic heterocycles. The molecule has 1 rings (SSSR count). The minimum Gasteiger partial charge on any atom is -0.329 e. The number of hydrogen-bond donors (Lipinski definition) is 2. The monoisotopic (exact) mass is 172 g/mol. The third-order valence-corrected chi connectivity index (χ3v) is 2.29. The zero-order chi connectivity index (χ0) is 9.23. The van der Waals surface area contributed by atoms with E-state index in [4.69, 9.17) is 5.73 Å². The van der Waals surface area contributed by atoms with E-state index in [0.29, 0.717) is 0 Å². The van der Waals surface area contributed by atoms with Gasteiger partial charge in [0.25, 0.3) is 0 Å². The molecule has 0 heterocycles. The van der Waals surface area contributed by atoms with Gasteiger partial charge in [0.05, 0.1) is 0 Å². The second-order valence-corrected chi connectivity index (χ2v) is 3.64. The lowest BCUT2D eigenvalue weighted by molar-refractivity contribution is 0.385. The molecular formula is C10H24N2. The molecule has 3 N–H and O–H groups in total. The fraction of sp³-hybridized carbons (Fsp3) is 1.00. The Morgan fingerprint density at radius 1 is 1.25 bits per heavy atom. The first-order valence-electron chi connectivity index (χ1n) is 5.16. The van der Waals surface area contributed by atoms with Gasteiger partial charge in [0.15, 0.2) is 0 Å². The van der Waals surface area contributed by atoms with Crippen LogP contribution in [0.25, 0.3) is 0 Å². The van der Waals surface area contributed by atoms with Crippen LogP contribution in [0.5, 0.6) is 0 Å². The van der Waals surface area contributed by atoms with E-state index in [1.54, 1.807) is 0 Å². The van der Waals surface area contributed by atoms with Gasteiger partial charge in [-0.15, -0.1) is 0 Å². The van der Waals surface area contributed by atoms with Crippen LogP contribution in [-0.4, -0.2) is 20.1 Å². The molecule has 1 aliphatic carbocycles. The predicted molar refractivity (Wildman–Crippen MR) is 55.2 cm³/mol. The van der Waals surface area contributed by atoms with Gasteiger partial charge in [0.2, 0.25) is 0 Å². The average Bonchev–Trinajstić information content (AvgIpc) is 2.08. The molecule has 0 unspecified atom stereocenters. The largest absolute Gasteiger partial charge is 0.329 e. The quantitative estimate of drug-likeness (QED) is 0.666. The zero-order valence-electron chi connectivity index (χ0n) is 8.60. The normalized spacial score (nSPS) is 18.2. The summed E-state index contributed by atoms with van der Waals surface area (Å²) in [7, 11) is 1.88. The summed E-state index contributed by atoms with van der Waals surface area (Å²) >= 11 is 0. The van der Waals surface area contributed by atoms with Crippen molar-refractivity contribution in [3.05, 3.63) is 0 Å². The van der Waals surface area contributed by atoms with E-state index in [2.05, 4.69) is 12.2 Å². The topological polar surface area (TPSA) is 38.0 Å². The van der Waals surface area contributed by atoms with Crippen molar-refractivity contribution in [1.82, 2.24) is 5.32 Å². The van der Waals surface area contributed by atoms with E-state index in [0.717, 1.165) is 19.0 Å². The zero-order valence-corrected chi connectivity index (χ0v) is 8.60. The highest BCUT2D eigenvalue weighted by Gasteiger charge is 2.05. The predicted octanol–water partition coefficient (Wildman–Crippen LogP) is 1.75. The summed E-state index contributed by atoms with van der Waals surface area (Å²) in [5.41, 5.74) is 5.08. The third kappa shape index (κ3) is 8.02. The number of rotatable bonds is 2. The van der Waals surface area contributed by atoms with Crippen LogP contribution in [0, 0.1) is 5.92 Å². The van der Waals surface area contributed by atoms with E-state index >= 15 is 0 Å². The van der Waals surface area contributed by atoms with E-state index in [-0.39, 0.29) is 0 Å². The summed E-state index contributed by atoms with van der Waals surface area (Å²) in [6.45, 7) is 4.01. The maximum atomic E-state index is 5.08. The molecule has 1 fully saturated rings. The lowest BCUT2D eigenvalue weighted by Gasteiger charge is -2.15. The summed E-state index contributed by atoms with van der Waals surface area (Å²) in [6, 6.07) is 0. The van der Waals surface area contributed by atoms with E-state index in [9.17, 15) is 0 Å². The van der Waals surface area contributed by atoms with Crippen molar-refractivity contribution in [2.45, 2.75) is 39.0 Å². The average molecular weight is 172 g/mol. The highest BCUT2D eigenvalue weighted by Crippen LogP contribution is 2.21. The Hall–Kier alpha value is -0.0800. The summed E-state index contributed by atoms with van der Waals surface area (Å²) in [4.78, 5) is 0. The summed E-state index contributed by atoms with van der Waals surface area (Å²) in [6.07, 6.45) is 7.44. The van der Waals surface area contributed by atoms with Crippen molar-refractivity contribution < 1.29 is 0 Å². The second kappa shape index (κ2) is 9.01. The molecule has 0 radical (unpaired) electrons. The van der Waals surface area contributed by atoms with E-state index < -0.39 is 0 Å². The summed E-state index contributed by atoms with van der Waals surface area (Å²) < 4.78 is 0. The molecule has 0 saturated heterocycles. The molecule has 0 aromatic carbocycles. The molecule has 2 nitrogen and oxygen atoms in total. The molecule has 0 aromatic rings. The smallest absolute Gasteiger partial charge is 0.00714 e. The first kappa shape index (κ1) is 11.9. The Balaban J connectivity index is 0.000000217. The lowest BCUT2D eigenvalue weighted by Crippen LogP contribution is -2.17. The molecule has 12 heavy (non-hydrogen) atoms. The minimum atomic E-state index is 0.733. The van der Waals surface area contributed by atoms with Gasteiger partial charge in [-0.3, -0.25) is 0 Å². The van der Waals surface area contributed by atoms with E-state index in [1.165, 1.54) is 32.1 Å². The van der Waals surface area contributed by atoms with Gasteiger partial charge in [0.1, 0.15) is 0 Å². The first-order valence-corrected chi connectivity index (χ1v) is 5.16. The fourth-order valence-corrected chi connectivity index (χ4v) is 1.45. The lowest BCUT2D eigenvalue weighted by atomic mass is 9.91. The Labute approximate surface area is 76.9 Å². The highest BCUT2D eigenvalue weighted by atomic mass is 14.8. The molecule has 2 heteroatoms. The number of hydrogen-bond acceptors (Lipinski definition) is 2. The van der Waals surface area contributed by atoms with Crippen LogP contribution in [0.1, 0.15) is 39.0 Å². The van der Waals surface area contributed by atoms with Crippen LogP contribution >= 0.6 is 0 Å². The van der Waals surface area contributed by atoms with Crippen LogP contribution in [0.2, 0.25) is 0 Å². The first-order chi connectivity index (χ1) is 5.81.